The number of aliphatic carboxylic acids is 1. The SMILES string of the molecule is Cl.O=C(O)C(Br)(Br)Br. The van der Waals surface area contributed by atoms with Gasteiger partial charge in [-0.25, -0.2) is 4.79 Å². The molecule has 8 heavy (non-hydrogen) atoms. The van der Waals surface area contributed by atoms with Crippen LogP contribution < -0.4 is 0 Å². The van der Waals surface area contributed by atoms with Gasteiger partial charge in [-0.2, -0.15) is 0 Å². The number of alkyl halides is 3. The predicted molar refractivity (Wildman–Crippen MR) is 44.4 cm³/mol. The van der Waals surface area contributed by atoms with Crippen LogP contribution in [-0.4, -0.2) is 13.2 Å². The monoisotopic (exact) mass is 330 g/mol. The highest BCUT2D eigenvalue weighted by Crippen LogP contribution is 2.32. The van der Waals surface area contributed by atoms with Gasteiger partial charge < -0.3 is 5.11 Å². The number of rotatable bonds is 0. The molecule has 0 aliphatic carbocycles. The Balaban J connectivity index is 0. The molecule has 6 heteroatoms. The lowest BCUT2D eigenvalue weighted by atomic mass is 10.8. The van der Waals surface area contributed by atoms with Gasteiger partial charge in [-0.05, 0) is 47.8 Å². The van der Waals surface area contributed by atoms with Crippen LogP contribution in [0.3, 0.4) is 0 Å². The smallest absolute Gasteiger partial charge is 0.342 e. The number of halogens is 4. The fourth-order valence-electron chi connectivity index (χ4n) is 0. The molecular weight excluding hydrogens is 331 g/mol. The van der Waals surface area contributed by atoms with Crippen molar-refractivity contribution < 1.29 is 9.90 Å². The highest BCUT2D eigenvalue weighted by atomic mass is 80.0. The Bertz CT molecular complexity index is 87.8. The largest absolute Gasteiger partial charge is 0.479 e. The topological polar surface area (TPSA) is 37.3 Å². The molecule has 0 radical (unpaired) electrons. The molecule has 0 aliphatic heterocycles. The van der Waals surface area contributed by atoms with Crippen LogP contribution in [0.5, 0.6) is 0 Å². The predicted octanol–water partition coefficient (Wildman–Crippen LogP) is 2.33. The second-order valence-electron chi connectivity index (χ2n) is 0.803. The quantitative estimate of drug-likeness (QED) is 0.691. The van der Waals surface area contributed by atoms with Gasteiger partial charge in [-0.3, -0.25) is 0 Å². The van der Waals surface area contributed by atoms with E-state index < -0.39 is 8.11 Å². The average molecular weight is 333 g/mol. The van der Waals surface area contributed by atoms with Crippen LogP contribution in [0.25, 0.3) is 0 Å². The summed E-state index contributed by atoms with van der Waals surface area (Å²) in [7, 11) is 0. The maximum atomic E-state index is 9.88. The summed E-state index contributed by atoms with van der Waals surface area (Å²) < 4.78 is -1.15. The van der Waals surface area contributed by atoms with E-state index in [1.807, 2.05) is 0 Å². The van der Waals surface area contributed by atoms with Gasteiger partial charge in [-0.15, -0.1) is 12.4 Å². The molecular formula is C2H2Br3ClO2. The van der Waals surface area contributed by atoms with Crippen molar-refractivity contribution in [1.82, 2.24) is 0 Å². The lowest BCUT2D eigenvalue weighted by Crippen LogP contribution is -2.14. The Hall–Kier alpha value is 1.20. The Morgan fingerprint density at radius 3 is 1.50 bits per heavy atom. The standard InChI is InChI=1S/C2HBr3O2.ClH/c3-2(4,5)1(6)7;/h(H,6,7);1H. The van der Waals surface area contributed by atoms with E-state index in [1.54, 1.807) is 0 Å². The van der Waals surface area contributed by atoms with Gasteiger partial charge in [0.05, 0.1) is 0 Å². The lowest BCUT2D eigenvalue weighted by molar-refractivity contribution is -0.134. The Morgan fingerprint density at radius 2 is 1.50 bits per heavy atom. The molecule has 0 amide bonds. The van der Waals surface area contributed by atoms with Crippen LogP contribution in [0, 0.1) is 0 Å². The summed E-state index contributed by atoms with van der Waals surface area (Å²) >= 11 is 8.33. The van der Waals surface area contributed by atoms with E-state index in [9.17, 15) is 4.79 Å². The second kappa shape index (κ2) is 4.09. The van der Waals surface area contributed by atoms with Crippen LogP contribution in [-0.2, 0) is 4.79 Å². The van der Waals surface area contributed by atoms with E-state index in [-0.39, 0.29) is 12.4 Å². The van der Waals surface area contributed by atoms with Crippen LogP contribution in [0.1, 0.15) is 0 Å². The molecule has 0 saturated heterocycles. The molecule has 0 aliphatic rings. The molecule has 0 aromatic rings. The van der Waals surface area contributed by atoms with E-state index in [2.05, 4.69) is 47.8 Å². The number of carboxylic acids is 1. The summed E-state index contributed by atoms with van der Waals surface area (Å²) in [6.07, 6.45) is 0. The van der Waals surface area contributed by atoms with E-state index in [0.29, 0.717) is 0 Å². The van der Waals surface area contributed by atoms with Crippen molar-refractivity contribution in [3.63, 3.8) is 0 Å². The molecule has 0 saturated carbocycles. The van der Waals surface area contributed by atoms with Crippen LogP contribution >= 0.6 is 60.2 Å². The zero-order valence-electron chi connectivity index (χ0n) is 3.40. The number of hydrogen-bond acceptors (Lipinski definition) is 1. The summed E-state index contributed by atoms with van der Waals surface area (Å²) in [6, 6.07) is 0. The molecule has 1 N–H and O–H groups in total. The minimum atomic E-state index is -1.15. The highest BCUT2D eigenvalue weighted by Gasteiger charge is 2.27. The van der Waals surface area contributed by atoms with Crippen molar-refractivity contribution in [2.75, 3.05) is 0 Å². The Morgan fingerprint density at radius 1 is 1.38 bits per heavy atom. The molecule has 50 valence electrons. The molecule has 0 rings (SSSR count). The van der Waals surface area contributed by atoms with Crippen molar-refractivity contribution in [1.29, 1.82) is 0 Å². The fourth-order valence-corrected chi connectivity index (χ4v) is 0. The van der Waals surface area contributed by atoms with Crippen LogP contribution in [0.2, 0.25) is 0 Å². The summed E-state index contributed by atoms with van der Waals surface area (Å²) in [5, 5.41) is 8.11. The first-order valence-corrected chi connectivity index (χ1v) is 3.62. The van der Waals surface area contributed by atoms with Crippen molar-refractivity contribution in [3.8, 4) is 0 Å². The van der Waals surface area contributed by atoms with E-state index in [1.165, 1.54) is 0 Å². The van der Waals surface area contributed by atoms with Gasteiger partial charge in [0.1, 0.15) is 0 Å². The first kappa shape index (κ1) is 11.9. The van der Waals surface area contributed by atoms with Gasteiger partial charge >= 0.3 is 5.97 Å². The fraction of sp³-hybridized carbons (Fsp3) is 0.500. The summed E-state index contributed by atoms with van der Waals surface area (Å²) in [5.41, 5.74) is 0. The molecule has 0 spiro atoms. The van der Waals surface area contributed by atoms with Gasteiger partial charge in [0.15, 0.2) is 0 Å². The van der Waals surface area contributed by atoms with Gasteiger partial charge in [0.2, 0.25) is 2.14 Å². The molecule has 0 bridgehead atoms. The van der Waals surface area contributed by atoms with Crippen molar-refractivity contribution in [2.45, 2.75) is 2.14 Å². The van der Waals surface area contributed by atoms with Gasteiger partial charge in [0, 0.05) is 0 Å². The first-order valence-electron chi connectivity index (χ1n) is 1.24. The molecule has 0 aromatic heterocycles. The first-order chi connectivity index (χ1) is 2.94. The second-order valence-corrected chi connectivity index (χ2v) is 7.56. The maximum Gasteiger partial charge on any atom is 0.342 e. The minimum absolute atomic E-state index is 0. The normalized spacial score (nSPS) is 9.88. The van der Waals surface area contributed by atoms with Crippen molar-refractivity contribution >= 4 is 66.2 Å². The third kappa shape index (κ3) is 5.34. The van der Waals surface area contributed by atoms with Crippen LogP contribution in [0.15, 0.2) is 0 Å². The minimum Gasteiger partial charge on any atom is -0.479 e. The zero-order valence-corrected chi connectivity index (χ0v) is 8.97. The summed E-state index contributed by atoms with van der Waals surface area (Å²) in [6.45, 7) is 0. The van der Waals surface area contributed by atoms with Crippen molar-refractivity contribution in [2.24, 2.45) is 0 Å². The average Bonchev–Trinajstić information content (AvgIpc) is 1.31. The van der Waals surface area contributed by atoms with E-state index >= 15 is 0 Å². The van der Waals surface area contributed by atoms with E-state index in [0.717, 1.165) is 0 Å². The summed E-state index contributed by atoms with van der Waals surface area (Å²) in [5.74, 6) is -1.01. The molecule has 0 fully saturated rings. The van der Waals surface area contributed by atoms with Gasteiger partial charge in [-0.1, -0.05) is 0 Å². The molecule has 0 aromatic carbocycles. The van der Waals surface area contributed by atoms with Gasteiger partial charge in [0.25, 0.3) is 0 Å². The molecule has 2 nitrogen and oxygen atoms in total. The molecule has 0 atom stereocenters. The number of carbonyl (C=O) groups is 1. The highest BCUT2D eigenvalue weighted by molar-refractivity contribution is 9.40. The maximum absolute atomic E-state index is 9.88. The lowest BCUT2D eigenvalue weighted by Gasteiger charge is -2.01. The third-order valence-corrected chi connectivity index (χ3v) is 1.26. The van der Waals surface area contributed by atoms with E-state index in [4.69, 9.17) is 5.11 Å². The Labute approximate surface area is 77.8 Å². The molecule has 0 unspecified atom stereocenters. The van der Waals surface area contributed by atoms with Crippen LogP contribution in [0.4, 0.5) is 0 Å². The summed E-state index contributed by atoms with van der Waals surface area (Å²) in [4.78, 5) is 9.88. The van der Waals surface area contributed by atoms with Crippen molar-refractivity contribution in [3.05, 3.63) is 0 Å². The number of hydrogen-bond donors (Lipinski definition) is 1. The zero-order chi connectivity index (χ0) is 6.08. The third-order valence-electron chi connectivity index (χ3n) is 0.243. The Kier molecular flexibility index (Phi) is 6.09. The number of carboxylic acid groups (broad SMARTS) is 1. The molecule has 0 heterocycles.